The average molecular weight is 240 g/mol. The first-order valence-corrected chi connectivity index (χ1v) is 5.90. The second-order valence-electron chi connectivity index (χ2n) is 5.20. The summed E-state index contributed by atoms with van der Waals surface area (Å²) in [6, 6.07) is 7.50. The van der Waals surface area contributed by atoms with Crippen LogP contribution in [0.15, 0.2) is 36.7 Å². The van der Waals surface area contributed by atoms with Crippen molar-refractivity contribution in [1.82, 2.24) is 9.97 Å². The van der Waals surface area contributed by atoms with Gasteiger partial charge >= 0.3 is 0 Å². The molecule has 0 saturated heterocycles. The van der Waals surface area contributed by atoms with E-state index in [0.717, 1.165) is 17.5 Å². The molecule has 0 aromatic carbocycles. The first-order valence-electron chi connectivity index (χ1n) is 5.90. The van der Waals surface area contributed by atoms with Gasteiger partial charge in [0.15, 0.2) is 6.29 Å². The van der Waals surface area contributed by atoms with Gasteiger partial charge in [-0.05, 0) is 29.2 Å². The molecule has 3 nitrogen and oxygen atoms in total. The van der Waals surface area contributed by atoms with E-state index in [9.17, 15) is 4.79 Å². The fourth-order valence-corrected chi connectivity index (χ4v) is 1.95. The SMILES string of the molecule is CC(C)(C)c1ccnc(-c2ccccn2)c1C=O. The van der Waals surface area contributed by atoms with Gasteiger partial charge in [0.25, 0.3) is 0 Å². The molecule has 0 aliphatic heterocycles. The Labute approximate surface area is 107 Å². The Kier molecular flexibility index (Phi) is 3.24. The molecule has 0 saturated carbocycles. The summed E-state index contributed by atoms with van der Waals surface area (Å²) >= 11 is 0. The third-order valence-corrected chi connectivity index (χ3v) is 2.82. The lowest BCUT2D eigenvalue weighted by molar-refractivity contribution is 0.112. The summed E-state index contributed by atoms with van der Waals surface area (Å²) in [6.45, 7) is 6.24. The lowest BCUT2D eigenvalue weighted by Crippen LogP contribution is -2.15. The summed E-state index contributed by atoms with van der Waals surface area (Å²) in [5.41, 5.74) is 2.91. The molecule has 0 atom stereocenters. The summed E-state index contributed by atoms with van der Waals surface area (Å²) < 4.78 is 0. The van der Waals surface area contributed by atoms with E-state index >= 15 is 0 Å². The molecule has 18 heavy (non-hydrogen) atoms. The summed E-state index contributed by atoms with van der Waals surface area (Å²) in [5, 5.41) is 0. The molecule has 0 spiro atoms. The van der Waals surface area contributed by atoms with Crippen LogP contribution < -0.4 is 0 Å². The van der Waals surface area contributed by atoms with Crippen LogP contribution in [0.25, 0.3) is 11.4 Å². The lowest BCUT2D eigenvalue weighted by Gasteiger charge is -2.21. The van der Waals surface area contributed by atoms with E-state index in [4.69, 9.17) is 0 Å². The van der Waals surface area contributed by atoms with E-state index in [-0.39, 0.29) is 5.41 Å². The standard InChI is InChI=1S/C15H16N2O/c1-15(2,3)12-7-9-17-14(11(12)10-18)13-6-4-5-8-16-13/h4-10H,1-3H3. The Hall–Kier alpha value is -2.03. The Morgan fingerprint density at radius 1 is 1.06 bits per heavy atom. The zero-order chi connectivity index (χ0) is 13.2. The molecule has 0 bridgehead atoms. The van der Waals surface area contributed by atoms with Crippen LogP contribution in [0, 0.1) is 0 Å². The average Bonchev–Trinajstić information content (AvgIpc) is 2.37. The molecule has 0 aliphatic rings. The Morgan fingerprint density at radius 2 is 1.83 bits per heavy atom. The molecular weight excluding hydrogens is 224 g/mol. The molecule has 92 valence electrons. The van der Waals surface area contributed by atoms with Crippen molar-refractivity contribution in [3.63, 3.8) is 0 Å². The highest BCUT2D eigenvalue weighted by molar-refractivity contribution is 5.87. The summed E-state index contributed by atoms with van der Waals surface area (Å²) in [6.07, 6.45) is 4.31. The topological polar surface area (TPSA) is 42.9 Å². The first kappa shape index (κ1) is 12.4. The Morgan fingerprint density at radius 3 is 2.39 bits per heavy atom. The van der Waals surface area contributed by atoms with Crippen LogP contribution in [-0.4, -0.2) is 16.3 Å². The van der Waals surface area contributed by atoms with Crippen LogP contribution in [0.4, 0.5) is 0 Å². The monoisotopic (exact) mass is 240 g/mol. The number of aromatic nitrogens is 2. The van der Waals surface area contributed by atoms with Crippen LogP contribution in [0.1, 0.15) is 36.7 Å². The number of rotatable bonds is 2. The van der Waals surface area contributed by atoms with Crippen LogP contribution in [0.2, 0.25) is 0 Å². The van der Waals surface area contributed by atoms with Crippen molar-refractivity contribution in [1.29, 1.82) is 0 Å². The molecule has 0 unspecified atom stereocenters. The fraction of sp³-hybridized carbons (Fsp3) is 0.267. The van der Waals surface area contributed by atoms with Gasteiger partial charge in [-0.3, -0.25) is 14.8 Å². The minimum absolute atomic E-state index is 0.0945. The Balaban J connectivity index is 2.67. The number of carbonyl (C=O) groups excluding carboxylic acids is 1. The molecule has 0 N–H and O–H groups in total. The number of hydrogen-bond donors (Lipinski definition) is 0. The van der Waals surface area contributed by atoms with E-state index in [2.05, 4.69) is 30.7 Å². The minimum Gasteiger partial charge on any atom is -0.298 e. The second kappa shape index (κ2) is 4.69. The van der Waals surface area contributed by atoms with Crippen molar-refractivity contribution in [2.24, 2.45) is 0 Å². The van der Waals surface area contributed by atoms with E-state index in [1.54, 1.807) is 12.4 Å². The van der Waals surface area contributed by atoms with Crippen molar-refractivity contribution in [2.45, 2.75) is 26.2 Å². The van der Waals surface area contributed by atoms with Gasteiger partial charge in [-0.2, -0.15) is 0 Å². The molecule has 0 aliphatic carbocycles. The van der Waals surface area contributed by atoms with Crippen molar-refractivity contribution >= 4 is 6.29 Å². The number of nitrogens with zero attached hydrogens (tertiary/aromatic N) is 2. The molecule has 2 aromatic heterocycles. The van der Waals surface area contributed by atoms with Gasteiger partial charge in [0.2, 0.25) is 0 Å². The minimum atomic E-state index is -0.0945. The van der Waals surface area contributed by atoms with Crippen molar-refractivity contribution < 1.29 is 4.79 Å². The van der Waals surface area contributed by atoms with E-state index in [0.29, 0.717) is 11.3 Å². The molecule has 2 rings (SSSR count). The summed E-state index contributed by atoms with van der Waals surface area (Å²) in [7, 11) is 0. The summed E-state index contributed by atoms with van der Waals surface area (Å²) in [4.78, 5) is 20.0. The molecule has 2 heterocycles. The predicted molar refractivity (Wildman–Crippen MR) is 71.6 cm³/mol. The number of aldehydes is 1. The number of hydrogen-bond acceptors (Lipinski definition) is 3. The van der Waals surface area contributed by atoms with E-state index in [1.165, 1.54) is 0 Å². The Bertz CT molecular complexity index is 556. The predicted octanol–water partition coefficient (Wildman–Crippen LogP) is 3.25. The normalized spacial score (nSPS) is 11.3. The molecule has 0 amide bonds. The maximum absolute atomic E-state index is 11.4. The molecule has 3 heteroatoms. The van der Waals surface area contributed by atoms with Crippen LogP contribution in [-0.2, 0) is 5.41 Å². The van der Waals surface area contributed by atoms with Gasteiger partial charge in [-0.25, -0.2) is 0 Å². The van der Waals surface area contributed by atoms with E-state index < -0.39 is 0 Å². The highest BCUT2D eigenvalue weighted by Gasteiger charge is 2.21. The largest absolute Gasteiger partial charge is 0.298 e. The third-order valence-electron chi connectivity index (χ3n) is 2.82. The number of pyridine rings is 2. The van der Waals surface area contributed by atoms with Crippen LogP contribution in [0.3, 0.4) is 0 Å². The molecule has 0 fully saturated rings. The van der Waals surface area contributed by atoms with Crippen molar-refractivity contribution in [2.75, 3.05) is 0 Å². The highest BCUT2D eigenvalue weighted by Crippen LogP contribution is 2.29. The second-order valence-corrected chi connectivity index (χ2v) is 5.20. The maximum atomic E-state index is 11.4. The molecule has 2 aromatic rings. The zero-order valence-corrected chi connectivity index (χ0v) is 10.8. The highest BCUT2D eigenvalue weighted by atomic mass is 16.1. The van der Waals surface area contributed by atoms with Crippen molar-refractivity contribution in [3.8, 4) is 11.4 Å². The van der Waals surface area contributed by atoms with Crippen LogP contribution in [0.5, 0.6) is 0 Å². The fourth-order valence-electron chi connectivity index (χ4n) is 1.95. The third kappa shape index (κ3) is 2.30. The molecule has 0 radical (unpaired) electrons. The van der Waals surface area contributed by atoms with Crippen molar-refractivity contribution in [3.05, 3.63) is 47.8 Å². The van der Waals surface area contributed by atoms with Gasteiger partial charge in [-0.15, -0.1) is 0 Å². The maximum Gasteiger partial charge on any atom is 0.152 e. The van der Waals surface area contributed by atoms with Gasteiger partial charge in [0.05, 0.1) is 11.4 Å². The summed E-state index contributed by atoms with van der Waals surface area (Å²) in [5.74, 6) is 0. The molecular formula is C15H16N2O. The first-order chi connectivity index (χ1) is 8.54. The van der Waals surface area contributed by atoms with Gasteiger partial charge in [0.1, 0.15) is 0 Å². The smallest absolute Gasteiger partial charge is 0.152 e. The quantitative estimate of drug-likeness (QED) is 0.757. The zero-order valence-electron chi connectivity index (χ0n) is 10.8. The van der Waals surface area contributed by atoms with Gasteiger partial charge in [0, 0.05) is 18.0 Å². The van der Waals surface area contributed by atoms with Gasteiger partial charge in [-0.1, -0.05) is 26.8 Å². The van der Waals surface area contributed by atoms with E-state index in [1.807, 2.05) is 24.3 Å². The van der Waals surface area contributed by atoms with Crippen LogP contribution >= 0.6 is 0 Å². The lowest BCUT2D eigenvalue weighted by atomic mass is 9.83. The number of carbonyl (C=O) groups is 1. The van der Waals surface area contributed by atoms with Gasteiger partial charge < -0.3 is 0 Å².